The van der Waals surface area contributed by atoms with Crippen LogP contribution in [0.15, 0.2) is 40.5 Å². The van der Waals surface area contributed by atoms with Crippen LogP contribution in [0, 0.1) is 0 Å². The smallest absolute Gasteiger partial charge is 0.353 e. The number of carboxylic acid groups (broad SMARTS) is 1. The summed E-state index contributed by atoms with van der Waals surface area (Å²) in [5, 5.41) is 20.9. The highest BCUT2D eigenvalue weighted by Crippen LogP contribution is 2.56. The van der Waals surface area contributed by atoms with Gasteiger partial charge in [0, 0.05) is 11.6 Å². The molecule has 3 rings (SSSR count). The van der Waals surface area contributed by atoms with Gasteiger partial charge in [-0.3, -0.25) is 9.69 Å². The van der Waals surface area contributed by atoms with Gasteiger partial charge in [-0.2, -0.15) is 0 Å². The Bertz CT molecular complexity index is 634. The lowest BCUT2D eigenvalue weighted by molar-refractivity contribution is -0.153. The van der Waals surface area contributed by atoms with Crippen LogP contribution in [0.5, 0.6) is 0 Å². The van der Waals surface area contributed by atoms with E-state index >= 15 is 0 Å². The van der Waals surface area contributed by atoms with Crippen LogP contribution in [0.3, 0.4) is 0 Å². The van der Waals surface area contributed by atoms with Gasteiger partial charge < -0.3 is 10.2 Å². The molecule has 1 aromatic rings. The Labute approximate surface area is 129 Å². The Hall–Kier alpha value is -1.51. The van der Waals surface area contributed by atoms with Gasteiger partial charge >= 0.3 is 5.97 Å². The number of aromatic nitrogens is 1. The molecule has 0 bridgehead atoms. The van der Waals surface area contributed by atoms with Crippen LogP contribution >= 0.6 is 23.5 Å². The van der Waals surface area contributed by atoms with Gasteiger partial charge in [-0.25, -0.2) is 9.78 Å². The van der Waals surface area contributed by atoms with Crippen molar-refractivity contribution >= 4 is 35.4 Å². The highest BCUT2D eigenvalue weighted by Gasteiger charge is 2.68. The largest absolute Gasteiger partial charge is 0.477 e. The van der Waals surface area contributed by atoms with E-state index in [0.717, 1.165) is 0 Å². The van der Waals surface area contributed by atoms with Crippen LogP contribution < -0.4 is 0 Å². The summed E-state index contributed by atoms with van der Waals surface area (Å²) in [6.45, 7) is 1.55. The zero-order valence-electron chi connectivity index (χ0n) is 11.0. The molecule has 2 unspecified atom stereocenters. The van der Waals surface area contributed by atoms with Crippen LogP contribution in [0.25, 0.3) is 0 Å². The quantitative estimate of drug-likeness (QED) is 0.802. The number of β-lactam (4-membered cyclic amide) rings is 1. The number of fused-ring (bicyclic) bond motifs is 1. The zero-order chi connectivity index (χ0) is 15.2. The van der Waals surface area contributed by atoms with Gasteiger partial charge in [0.25, 0.3) is 5.91 Å². The second-order valence-corrected chi connectivity index (χ2v) is 6.96. The summed E-state index contributed by atoms with van der Waals surface area (Å²) in [7, 11) is 0. The molecule has 2 aliphatic rings. The average Bonchev–Trinajstić information content (AvgIpc) is 2.87. The first-order valence-electron chi connectivity index (χ1n) is 6.19. The van der Waals surface area contributed by atoms with E-state index in [9.17, 15) is 14.7 Å². The second-order valence-electron chi connectivity index (χ2n) is 4.71. The standard InChI is InChI=1S/C13H12N2O4S2/c1-7(16)13(21-9-4-2-3-5-14-9)11(19)15-8(10(17)18)6-20-12(13)15/h2-7,12,16H,1H3,(H,17,18)/t7?,12-,13?/m0/s1. The first-order chi connectivity index (χ1) is 9.98. The number of carbonyl (C=O) groups excluding carboxylic acids is 1. The molecule has 2 aliphatic heterocycles. The van der Waals surface area contributed by atoms with Gasteiger partial charge in [0.05, 0.1) is 11.1 Å². The maximum absolute atomic E-state index is 12.5. The van der Waals surface area contributed by atoms with Crippen LogP contribution in [0.4, 0.5) is 0 Å². The normalized spacial score (nSPS) is 28.7. The monoisotopic (exact) mass is 324 g/mol. The molecule has 1 amide bonds. The number of amides is 1. The van der Waals surface area contributed by atoms with Crippen LogP contribution in [0.1, 0.15) is 6.92 Å². The van der Waals surface area contributed by atoms with Crippen molar-refractivity contribution in [3.05, 3.63) is 35.5 Å². The fourth-order valence-electron chi connectivity index (χ4n) is 2.41. The molecule has 0 aromatic carbocycles. The third-order valence-corrected chi connectivity index (χ3v) is 6.35. The van der Waals surface area contributed by atoms with Gasteiger partial charge in [-0.05, 0) is 19.1 Å². The molecule has 21 heavy (non-hydrogen) atoms. The number of carbonyl (C=O) groups is 2. The van der Waals surface area contributed by atoms with Gasteiger partial charge in [0.2, 0.25) is 0 Å². The summed E-state index contributed by atoms with van der Waals surface area (Å²) in [4.78, 5) is 29.0. The zero-order valence-corrected chi connectivity index (χ0v) is 12.6. The van der Waals surface area contributed by atoms with Crippen molar-refractivity contribution in [3.63, 3.8) is 0 Å². The molecular weight excluding hydrogens is 312 g/mol. The molecule has 1 saturated heterocycles. The fourth-order valence-corrected chi connectivity index (χ4v) is 5.19. The van der Waals surface area contributed by atoms with Crippen LogP contribution in [-0.4, -0.2) is 48.2 Å². The van der Waals surface area contributed by atoms with Gasteiger partial charge in [0.1, 0.15) is 11.1 Å². The minimum atomic E-state index is -1.14. The Balaban J connectivity index is 1.92. The molecule has 0 spiro atoms. The number of thioether (sulfide) groups is 2. The molecule has 1 fully saturated rings. The number of pyridine rings is 1. The van der Waals surface area contributed by atoms with Crippen molar-refractivity contribution in [3.8, 4) is 0 Å². The number of carboxylic acids is 1. The van der Waals surface area contributed by atoms with E-state index in [0.29, 0.717) is 5.03 Å². The van der Waals surface area contributed by atoms with Crippen LogP contribution in [-0.2, 0) is 9.59 Å². The lowest BCUT2D eigenvalue weighted by Crippen LogP contribution is -2.73. The number of nitrogens with zero attached hydrogens (tertiary/aromatic N) is 2. The molecule has 2 N–H and O–H groups in total. The molecule has 3 heterocycles. The molecule has 0 aliphatic carbocycles. The Morgan fingerprint density at radius 1 is 1.57 bits per heavy atom. The second kappa shape index (κ2) is 5.04. The third kappa shape index (κ3) is 1.97. The predicted octanol–water partition coefficient (Wildman–Crippen LogP) is 1.13. The van der Waals surface area contributed by atoms with Gasteiger partial charge in [-0.15, -0.1) is 11.8 Å². The van der Waals surface area contributed by atoms with Crippen molar-refractivity contribution in [2.75, 3.05) is 0 Å². The van der Waals surface area contributed by atoms with Crippen molar-refractivity contribution < 1.29 is 19.8 Å². The molecule has 8 heteroatoms. The summed E-state index contributed by atoms with van der Waals surface area (Å²) < 4.78 is -1.10. The average molecular weight is 324 g/mol. The molecular formula is C13H12N2O4S2. The highest BCUT2D eigenvalue weighted by molar-refractivity contribution is 8.06. The molecule has 110 valence electrons. The number of aliphatic hydroxyl groups is 1. The molecule has 0 radical (unpaired) electrons. The summed E-state index contributed by atoms with van der Waals surface area (Å²) in [6, 6.07) is 5.33. The van der Waals surface area contributed by atoms with E-state index in [-0.39, 0.29) is 5.70 Å². The van der Waals surface area contributed by atoms with E-state index in [1.165, 1.54) is 33.8 Å². The van der Waals surface area contributed by atoms with Crippen molar-refractivity contribution in [2.24, 2.45) is 0 Å². The predicted molar refractivity (Wildman–Crippen MR) is 78.4 cm³/mol. The van der Waals surface area contributed by atoms with E-state index < -0.39 is 28.1 Å². The van der Waals surface area contributed by atoms with Gasteiger partial charge in [-0.1, -0.05) is 17.8 Å². The molecule has 3 atom stereocenters. The Morgan fingerprint density at radius 3 is 2.90 bits per heavy atom. The van der Waals surface area contributed by atoms with E-state index in [2.05, 4.69) is 4.98 Å². The number of aliphatic hydroxyl groups excluding tert-OH is 1. The van der Waals surface area contributed by atoms with E-state index in [4.69, 9.17) is 5.11 Å². The number of hydrogen-bond donors (Lipinski definition) is 2. The summed E-state index contributed by atoms with van der Waals surface area (Å²) in [5.41, 5.74) is -0.0344. The number of rotatable bonds is 4. The Morgan fingerprint density at radius 2 is 2.33 bits per heavy atom. The maximum atomic E-state index is 12.5. The molecule has 6 nitrogen and oxygen atoms in total. The first kappa shape index (κ1) is 14.4. The lowest BCUT2D eigenvalue weighted by Gasteiger charge is -2.53. The minimum Gasteiger partial charge on any atom is -0.477 e. The first-order valence-corrected chi connectivity index (χ1v) is 7.95. The number of hydrogen-bond acceptors (Lipinski definition) is 6. The Kier molecular flexibility index (Phi) is 3.46. The minimum absolute atomic E-state index is 0.0344. The van der Waals surface area contributed by atoms with Crippen LogP contribution in [0.2, 0.25) is 0 Å². The van der Waals surface area contributed by atoms with Crippen molar-refractivity contribution in [1.82, 2.24) is 9.88 Å². The summed E-state index contributed by atoms with van der Waals surface area (Å²) in [6.07, 6.45) is 0.689. The lowest BCUT2D eigenvalue weighted by atomic mass is 9.91. The number of aliphatic carboxylic acids is 1. The summed E-state index contributed by atoms with van der Waals surface area (Å²) in [5.74, 6) is -1.53. The van der Waals surface area contributed by atoms with E-state index in [1.807, 2.05) is 0 Å². The SMILES string of the molecule is CC(O)C1(Sc2ccccn2)C(=O)N2C(C(=O)O)=CS[C@H]21. The maximum Gasteiger partial charge on any atom is 0.353 e. The molecule has 0 saturated carbocycles. The van der Waals surface area contributed by atoms with Gasteiger partial charge in [0.15, 0.2) is 4.75 Å². The van der Waals surface area contributed by atoms with E-state index in [1.54, 1.807) is 31.3 Å². The van der Waals surface area contributed by atoms with Crippen molar-refractivity contribution in [2.45, 2.75) is 28.2 Å². The topological polar surface area (TPSA) is 90.7 Å². The summed E-state index contributed by atoms with van der Waals surface area (Å²) >= 11 is 2.43. The fraction of sp³-hybridized carbons (Fsp3) is 0.308. The molecule has 1 aromatic heterocycles. The third-order valence-electron chi connectivity index (χ3n) is 3.47. The van der Waals surface area contributed by atoms with Crippen molar-refractivity contribution in [1.29, 1.82) is 0 Å². The highest BCUT2D eigenvalue weighted by atomic mass is 32.2.